The maximum atomic E-state index is 12.8. The molecule has 0 atom stereocenters. The lowest BCUT2D eigenvalue weighted by molar-refractivity contribution is 0.297. The van der Waals surface area contributed by atoms with Crippen LogP contribution in [0.15, 0.2) is 48.5 Å². The van der Waals surface area contributed by atoms with Gasteiger partial charge in [0.25, 0.3) is 0 Å². The molecule has 0 aliphatic rings. The summed E-state index contributed by atoms with van der Waals surface area (Å²) in [6, 6.07) is 13.9. The zero-order valence-electron chi connectivity index (χ0n) is 10.9. The van der Waals surface area contributed by atoms with Crippen molar-refractivity contribution in [3.05, 3.63) is 65.1 Å². The molecule has 1 aromatic heterocycles. The molecule has 0 N–H and O–H groups in total. The standard InChI is InChI=1S/C16H13ClFNO/c1-19-14(8-11-2-3-12(17)9-16(11)19)10-20-15-6-4-13(18)5-7-15/h2-9H,10H2,1H3. The van der Waals surface area contributed by atoms with Crippen molar-refractivity contribution in [3.63, 3.8) is 0 Å². The van der Waals surface area contributed by atoms with E-state index in [0.29, 0.717) is 17.4 Å². The van der Waals surface area contributed by atoms with E-state index in [1.54, 1.807) is 12.1 Å². The highest BCUT2D eigenvalue weighted by molar-refractivity contribution is 6.31. The molecule has 2 aromatic carbocycles. The lowest BCUT2D eigenvalue weighted by atomic mass is 10.2. The van der Waals surface area contributed by atoms with E-state index in [9.17, 15) is 4.39 Å². The number of aryl methyl sites for hydroxylation is 1. The fraction of sp³-hybridized carbons (Fsp3) is 0.125. The molecule has 0 unspecified atom stereocenters. The van der Waals surface area contributed by atoms with E-state index in [1.807, 2.05) is 29.8 Å². The highest BCUT2D eigenvalue weighted by atomic mass is 35.5. The topological polar surface area (TPSA) is 14.2 Å². The summed E-state index contributed by atoms with van der Waals surface area (Å²) < 4.78 is 20.5. The van der Waals surface area contributed by atoms with Gasteiger partial charge in [0.05, 0.1) is 5.69 Å². The Balaban J connectivity index is 1.84. The van der Waals surface area contributed by atoms with Gasteiger partial charge in [0.2, 0.25) is 0 Å². The number of halogens is 2. The van der Waals surface area contributed by atoms with Gasteiger partial charge in [0, 0.05) is 23.0 Å². The number of ether oxygens (including phenoxy) is 1. The van der Waals surface area contributed by atoms with Crippen LogP contribution in [0.2, 0.25) is 5.02 Å². The van der Waals surface area contributed by atoms with E-state index in [-0.39, 0.29) is 5.82 Å². The molecule has 0 fully saturated rings. The molecular formula is C16H13ClFNO. The Bertz CT molecular complexity index is 749. The first kappa shape index (κ1) is 13.0. The first-order chi connectivity index (χ1) is 9.63. The molecule has 20 heavy (non-hydrogen) atoms. The average molecular weight is 290 g/mol. The maximum Gasteiger partial charge on any atom is 0.128 e. The van der Waals surface area contributed by atoms with Gasteiger partial charge in [0.1, 0.15) is 18.2 Å². The van der Waals surface area contributed by atoms with Crippen molar-refractivity contribution in [1.82, 2.24) is 4.57 Å². The van der Waals surface area contributed by atoms with E-state index >= 15 is 0 Å². The van der Waals surface area contributed by atoms with Gasteiger partial charge in [-0.15, -0.1) is 0 Å². The van der Waals surface area contributed by atoms with Crippen LogP contribution in [0.3, 0.4) is 0 Å². The average Bonchev–Trinajstić information content (AvgIpc) is 2.75. The fourth-order valence-electron chi connectivity index (χ4n) is 2.19. The zero-order chi connectivity index (χ0) is 14.1. The molecule has 0 aliphatic carbocycles. The molecule has 0 aliphatic heterocycles. The molecule has 102 valence electrons. The normalized spacial score (nSPS) is 10.9. The first-order valence-corrected chi connectivity index (χ1v) is 6.63. The lowest BCUT2D eigenvalue weighted by Gasteiger charge is -2.07. The minimum Gasteiger partial charge on any atom is -0.487 e. The van der Waals surface area contributed by atoms with Crippen LogP contribution < -0.4 is 4.74 Å². The molecule has 0 radical (unpaired) electrons. The third-order valence-electron chi connectivity index (χ3n) is 3.31. The number of aromatic nitrogens is 1. The molecule has 0 saturated carbocycles. The molecule has 3 aromatic rings. The number of rotatable bonds is 3. The summed E-state index contributed by atoms with van der Waals surface area (Å²) in [5.74, 6) is 0.381. The molecular weight excluding hydrogens is 277 g/mol. The van der Waals surface area contributed by atoms with Gasteiger partial charge in [0.15, 0.2) is 0 Å². The Labute approximate surface area is 121 Å². The van der Waals surface area contributed by atoms with E-state index < -0.39 is 0 Å². The minimum atomic E-state index is -0.267. The van der Waals surface area contributed by atoms with Crippen LogP contribution in [-0.4, -0.2) is 4.57 Å². The molecule has 1 heterocycles. The Morgan fingerprint density at radius 3 is 2.60 bits per heavy atom. The predicted octanol–water partition coefficient (Wildman–Crippen LogP) is 4.55. The molecule has 4 heteroatoms. The fourth-order valence-corrected chi connectivity index (χ4v) is 2.35. The zero-order valence-corrected chi connectivity index (χ0v) is 11.7. The smallest absolute Gasteiger partial charge is 0.128 e. The third-order valence-corrected chi connectivity index (χ3v) is 3.54. The summed E-state index contributed by atoms with van der Waals surface area (Å²) in [4.78, 5) is 0. The summed E-state index contributed by atoms with van der Waals surface area (Å²) in [6.45, 7) is 0.425. The molecule has 2 nitrogen and oxygen atoms in total. The van der Waals surface area contributed by atoms with E-state index in [4.69, 9.17) is 16.3 Å². The van der Waals surface area contributed by atoms with Crippen molar-refractivity contribution in [2.75, 3.05) is 0 Å². The van der Waals surface area contributed by atoms with Crippen LogP contribution in [0.25, 0.3) is 10.9 Å². The Morgan fingerprint density at radius 1 is 1.10 bits per heavy atom. The highest BCUT2D eigenvalue weighted by Crippen LogP contribution is 2.23. The van der Waals surface area contributed by atoms with Crippen molar-refractivity contribution in [2.45, 2.75) is 6.61 Å². The number of benzene rings is 2. The van der Waals surface area contributed by atoms with Crippen LogP contribution in [0.1, 0.15) is 5.69 Å². The first-order valence-electron chi connectivity index (χ1n) is 6.26. The van der Waals surface area contributed by atoms with Gasteiger partial charge in [-0.3, -0.25) is 0 Å². The number of nitrogens with zero attached hydrogens (tertiary/aromatic N) is 1. The summed E-state index contributed by atoms with van der Waals surface area (Å²) >= 11 is 6.01. The summed E-state index contributed by atoms with van der Waals surface area (Å²) in [5, 5.41) is 1.83. The Kier molecular flexibility index (Phi) is 3.36. The van der Waals surface area contributed by atoms with Gasteiger partial charge < -0.3 is 9.30 Å². The van der Waals surface area contributed by atoms with Crippen LogP contribution in [0.5, 0.6) is 5.75 Å². The van der Waals surface area contributed by atoms with Gasteiger partial charge in [-0.2, -0.15) is 0 Å². The van der Waals surface area contributed by atoms with Crippen LogP contribution >= 0.6 is 11.6 Å². The van der Waals surface area contributed by atoms with Gasteiger partial charge in [-0.1, -0.05) is 17.7 Å². The van der Waals surface area contributed by atoms with Crippen molar-refractivity contribution in [2.24, 2.45) is 7.05 Å². The van der Waals surface area contributed by atoms with Crippen LogP contribution in [-0.2, 0) is 13.7 Å². The van der Waals surface area contributed by atoms with Gasteiger partial charge in [-0.25, -0.2) is 4.39 Å². The van der Waals surface area contributed by atoms with E-state index in [2.05, 4.69) is 6.07 Å². The largest absolute Gasteiger partial charge is 0.487 e. The molecule has 0 amide bonds. The Hall–Kier alpha value is -2.00. The van der Waals surface area contributed by atoms with Crippen molar-refractivity contribution in [1.29, 1.82) is 0 Å². The summed E-state index contributed by atoms with van der Waals surface area (Å²) in [6.07, 6.45) is 0. The third kappa shape index (κ3) is 2.49. The molecule has 0 saturated heterocycles. The molecule has 0 bridgehead atoms. The molecule has 0 spiro atoms. The van der Waals surface area contributed by atoms with E-state index in [1.165, 1.54) is 12.1 Å². The van der Waals surface area contributed by atoms with Crippen molar-refractivity contribution >= 4 is 22.5 Å². The van der Waals surface area contributed by atoms with Crippen molar-refractivity contribution < 1.29 is 9.13 Å². The summed E-state index contributed by atoms with van der Waals surface area (Å²) in [5.41, 5.74) is 2.10. The molecule has 3 rings (SSSR count). The van der Waals surface area contributed by atoms with Crippen molar-refractivity contribution in [3.8, 4) is 5.75 Å². The van der Waals surface area contributed by atoms with E-state index in [0.717, 1.165) is 16.6 Å². The van der Waals surface area contributed by atoms with Gasteiger partial charge >= 0.3 is 0 Å². The lowest BCUT2D eigenvalue weighted by Crippen LogP contribution is -2.01. The predicted molar refractivity (Wildman–Crippen MR) is 78.7 cm³/mol. The van der Waals surface area contributed by atoms with Crippen LogP contribution in [0.4, 0.5) is 4.39 Å². The summed E-state index contributed by atoms with van der Waals surface area (Å²) in [7, 11) is 1.97. The second-order valence-electron chi connectivity index (χ2n) is 4.64. The minimum absolute atomic E-state index is 0.267. The number of fused-ring (bicyclic) bond motifs is 1. The quantitative estimate of drug-likeness (QED) is 0.690. The van der Waals surface area contributed by atoms with Crippen LogP contribution in [0, 0.1) is 5.82 Å². The Morgan fingerprint density at radius 2 is 1.85 bits per heavy atom. The van der Waals surface area contributed by atoms with Gasteiger partial charge in [-0.05, 0) is 42.5 Å². The highest BCUT2D eigenvalue weighted by Gasteiger charge is 2.07. The number of hydrogen-bond donors (Lipinski definition) is 0. The monoisotopic (exact) mass is 289 g/mol. The second kappa shape index (κ2) is 5.17. The maximum absolute atomic E-state index is 12.8. The SMILES string of the molecule is Cn1c(COc2ccc(F)cc2)cc2ccc(Cl)cc21. The number of hydrogen-bond acceptors (Lipinski definition) is 1. The second-order valence-corrected chi connectivity index (χ2v) is 5.08.